The van der Waals surface area contributed by atoms with Crippen molar-refractivity contribution in [2.45, 2.75) is 136 Å². The van der Waals surface area contributed by atoms with Crippen molar-refractivity contribution in [1.82, 2.24) is 114 Å². The summed E-state index contributed by atoms with van der Waals surface area (Å²) in [5, 5.41) is 14.5. The molecule has 5 N–H and O–H groups in total. The van der Waals surface area contributed by atoms with E-state index in [9.17, 15) is 23.2 Å². The Kier molecular flexibility index (Phi) is 18.7. The second kappa shape index (κ2) is 26.9. The van der Waals surface area contributed by atoms with Crippen LogP contribution >= 0.6 is 32.9 Å². The molecule has 0 saturated heterocycles. The van der Waals surface area contributed by atoms with E-state index in [2.05, 4.69) is 117 Å². The van der Waals surface area contributed by atoms with E-state index < -0.39 is 26.7 Å². The van der Waals surface area contributed by atoms with Gasteiger partial charge in [-0.05, 0) is 108 Å². The lowest BCUT2D eigenvalue weighted by atomic mass is 9.92. The number of pyridine rings is 3. The lowest BCUT2D eigenvalue weighted by Gasteiger charge is -2.27. The van der Waals surface area contributed by atoms with Crippen molar-refractivity contribution >= 4 is 102 Å². The summed E-state index contributed by atoms with van der Waals surface area (Å²) < 4.78 is 33.6. The van der Waals surface area contributed by atoms with E-state index in [0.717, 1.165) is 39.3 Å². The number of anilines is 3. The fraction of sp³-hybridized carbons (Fsp3) is 0.338. The Hall–Kier alpha value is -10.5. The van der Waals surface area contributed by atoms with E-state index in [-0.39, 0.29) is 47.8 Å². The molecule has 3 amide bonds. The first kappa shape index (κ1) is 70.4. The van der Waals surface area contributed by atoms with Gasteiger partial charge in [0, 0.05) is 122 Å². The van der Waals surface area contributed by atoms with Gasteiger partial charge in [-0.2, -0.15) is 0 Å². The number of halogens is 4. The molecule has 15 heterocycles. The predicted molar refractivity (Wildman–Crippen MR) is 384 cm³/mol. The lowest BCUT2D eigenvalue weighted by molar-refractivity contribution is -0.122. The minimum absolute atomic E-state index is 0. The van der Waals surface area contributed by atoms with Crippen LogP contribution in [0.4, 0.5) is 26.2 Å². The zero-order chi connectivity index (χ0) is 71.0. The Balaban J connectivity index is 0.000000143. The minimum Gasteiger partial charge on any atom is -0.309 e. The van der Waals surface area contributed by atoms with Gasteiger partial charge in [0.05, 0.1) is 16.7 Å². The maximum absolute atomic E-state index is 14.2. The number of imidazole rings is 3. The third kappa shape index (κ3) is 13.1. The smallest absolute Gasteiger partial charge is 0.250 e. The van der Waals surface area contributed by atoms with Gasteiger partial charge in [0.25, 0.3) is 0 Å². The second-order valence-corrected chi connectivity index (χ2v) is 27.5. The zero-order valence-corrected chi connectivity index (χ0v) is 60.7. The Bertz CT molecular complexity index is 5010. The molecule has 0 saturated carbocycles. The van der Waals surface area contributed by atoms with Crippen molar-refractivity contribution in [1.29, 1.82) is 0 Å². The molecule has 3 aliphatic rings. The van der Waals surface area contributed by atoms with Crippen molar-refractivity contribution in [3.8, 4) is 67.9 Å². The van der Waals surface area contributed by atoms with Crippen LogP contribution in [0.5, 0.6) is 0 Å². The van der Waals surface area contributed by atoms with E-state index in [1.165, 1.54) is 46.7 Å². The maximum atomic E-state index is 14.2. The van der Waals surface area contributed by atoms with Gasteiger partial charge >= 0.3 is 0 Å². The van der Waals surface area contributed by atoms with Crippen LogP contribution in [0.3, 0.4) is 0 Å². The first-order valence-corrected chi connectivity index (χ1v) is 32.9. The summed E-state index contributed by atoms with van der Waals surface area (Å²) in [6.07, 6.45) is 19.9. The number of nitrogens with zero attached hydrogens (tertiary/aromatic N) is 21. The maximum Gasteiger partial charge on any atom is 0.250 e. The number of rotatable bonds is 15. The number of carbonyl (C=O) groups excluding carboxylic acids is 3. The Morgan fingerprint density at radius 3 is 1.00 bits per heavy atom. The fourth-order valence-corrected chi connectivity index (χ4v) is 12.3. The van der Waals surface area contributed by atoms with Crippen molar-refractivity contribution in [3.05, 3.63) is 127 Å². The molecule has 15 rings (SSSR count). The molecular formula is C68H70Br2F2N26O3. The summed E-state index contributed by atoms with van der Waals surface area (Å²) in [6.45, 7) is 24.6. The van der Waals surface area contributed by atoms with Crippen LogP contribution < -0.4 is 26.6 Å². The molecule has 101 heavy (non-hydrogen) atoms. The normalized spacial score (nSPS) is 17.5. The highest BCUT2D eigenvalue weighted by Gasteiger charge is 2.47. The SMILES string of the molecule is Br.CCn1c(-c2cnc(C)nc2)nc2c(-c3cnc4c(c3)C(C)(Br)C(=O)N4)ncnc21.CCn1c(-c2cnc(C)nc2)nc2c(-c3cnc4c(c3)C(C)(NCC(C)(C)F)C(=O)N4)ncnc21.CCn1c(-c2cnc(C)nc2)nc2c(-c3cnc4c(c3)C(C)(NCC(C)(C)F)C(=O)N4)ncnc21. The fourth-order valence-electron chi connectivity index (χ4n) is 11.9. The van der Waals surface area contributed by atoms with Crippen LogP contribution in [0, 0.1) is 20.8 Å². The van der Waals surface area contributed by atoms with E-state index in [1.807, 2.05) is 73.4 Å². The Morgan fingerprint density at radius 2 is 0.703 bits per heavy atom. The third-order valence-corrected chi connectivity index (χ3v) is 18.3. The highest BCUT2D eigenvalue weighted by atomic mass is 79.9. The molecule has 0 aliphatic carbocycles. The van der Waals surface area contributed by atoms with Crippen LogP contribution in [0.25, 0.3) is 101 Å². The van der Waals surface area contributed by atoms with Gasteiger partial charge in [0.1, 0.15) is 132 Å². The predicted octanol–water partition coefficient (Wildman–Crippen LogP) is 10.2. The van der Waals surface area contributed by atoms with E-state index in [0.29, 0.717) is 133 Å². The largest absolute Gasteiger partial charge is 0.309 e. The first-order chi connectivity index (χ1) is 47.6. The number of amides is 3. The molecule has 0 bridgehead atoms. The molecule has 12 aromatic rings. The molecule has 3 unspecified atom stereocenters. The molecule has 518 valence electrons. The summed E-state index contributed by atoms with van der Waals surface area (Å²) >= 11 is 3.51. The molecule has 29 nitrogen and oxygen atoms in total. The number of fused-ring (bicyclic) bond motifs is 6. The van der Waals surface area contributed by atoms with E-state index in [1.54, 1.807) is 76.5 Å². The van der Waals surface area contributed by atoms with Crippen LogP contribution in [0.1, 0.15) is 103 Å². The van der Waals surface area contributed by atoms with Crippen LogP contribution in [0.15, 0.2) is 93.0 Å². The topological polar surface area (TPSA) is 358 Å². The molecule has 0 aromatic carbocycles. The van der Waals surface area contributed by atoms with Gasteiger partial charge in [-0.25, -0.2) is 98.5 Å². The number of carbonyl (C=O) groups is 3. The average Bonchev–Trinajstić information content (AvgIpc) is 1.60. The summed E-state index contributed by atoms with van der Waals surface area (Å²) in [5.41, 5.74) is 6.95. The minimum atomic E-state index is -1.49. The summed E-state index contributed by atoms with van der Waals surface area (Å²) in [4.78, 5) is 118. The van der Waals surface area contributed by atoms with Crippen LogP contribution in [-0.2, 0) is 49.4 Å². The summed E-state index contributed by atoms with van der Waals surface area (Å²) in [5.74, 6) is 4.85. The molecule has 33 heteroatoms. The van der Waals surface area contributed by atoms with Gasteiger partial charge in [0.15, 0.2) is 16.9 Å². The van der Waals surface area contributed by atoms with Crippen LogP contribution in [-0.4, -0.2) is 146 Å². The van der Waals surface area contributed by atoms with E-state index >= 15 is 0 Å². The Labute approximate surface area is 596 Å². The van der Waals surface area contributed by atoms with Gasteiger partial charge < -0.3 is 29.7 Å². The van der Waals surface area contributed by atoms with Gasteiger partial charge in [-0.15, -0.1) is 17.0 Å². The lowest BCUT2D eigenvalue weighted by Crippen LogP contribution is -2.49. The number of hydrogen-bond donors (Lipinski definition) is 5. The average molecular weight is 1500 g/mol. The summed E-state index contributed by atoms with van der Waals surface area (Å²) in [6, 6.07) is 5.61. The highest BCUT2D eigenvalue weighted by molar-refractivity contribution is 9.10. The highest BCUT2D eigenvalue weighted by Crippen LogP contribution is 2.44. The van der Waals surface area contributed by atoms with Crippen molar-refractivity contribution in [2.24, 2.45) is 0 Å². The number of hydrogen-bond acceptors (Lipinski definition) is 23. The molecule has 3 atom stereocenters. The summed E-state index contributed by atoms with van der Waals surface area (Å²) in [7, 11) is 0. The van der Waals surface area contributed by atoms with Crippen molar-refractivity contribution < 1.29 is 23.2 Å². The first-order valence-electron chi connectivity index (χ1n) is 32.2. The molecular weight excluding hydrogens is 1430 g/mol. The number of aromatic nitrogens is 21. The van der Waals surface area contributed by atoms with Crippen molar-refractivity contribution in [3.63, 3.8) is 0 Å². The van der Waals surface area contributed by atoms with E-state index in [4.69, 9.17) is 15.0 Å². The molecule has 0 fully saturated rings. The molecule has 12 aromatic heterocycles. The Morgan fingerprint density at radius 1 is 0.426 bits per heavy atom. The van der Waals surface area contributed by atoms with Gasteiger partial charge in [0.2, 0.25) is 17.7 Å². The molecule has 0 spiro atoms. The monoisotopic (exact) mass is 1490 g/mol. The number of aryl methyl sites for hydroxylation is 6. The second-order valence-electron chi connectivity index (χ2n) is 25.9. The van der Waals surface area contributed by atoms with Gasteiger partial charge in [-0.3, -0.25) is 25.0 Å². The molecule has 3 aliphatic heterocycles. The molecule has 0 radical (unpaired) electrons. The quantitative estimate of drug-likeness (QED) is 0.0595. The van der Waals surface area contributed by atoms with Gasteiger partial charge in [-0.1, -0.05) is 15.9 Å². The van der Waals surface area contributed by atoms with Crippen LogP contribution in [0.2, 0.25) is 0 Å². The van der Waals surface area contributed by atoms with Crippen molar-refractivity contribution in [2.75, 3.05) is 29.0 Å². The standard InChI is InChI=1S/2C24H26FN9O.C20H17BrN8O.BrH/c2*1-6-34-20(15-9-26-13(2)27-10-15)32-18-17(29-12-30-21(18)34)14-7-16-19(28-8-14)33-22(35)24(16,5)31-11-23(3,4)25;1-4-29-17(12-7-22-10(2)23-8-12)27-15-14(25-9-26-18(15)29)11-5-13-16(24-6-11)28-19(30)20(13,3)21;/h2*7-10,12,31H,6,11H2,1-5H3,(H,28,33,35);5-9H,4H2,1-3H3,(H,24,28,30);1H. The number of alkyl halides is 3. The zero-order valence-electron chi connectivity index (χ0n) is 57.4. The number of nitrogens with one attached hydrogen (secondary N) is 5. The third-order valence-electron chi connectivity index (χ3n) is 17.5.